The van der Waals surface area contributed by atoms with Crippen molar-refractivity contribution in [1.82, 2.24) is 10.2 Å². The first-order valence-corrected chi connectivity index (χ1v) is 7.34. The molecule has 0 spiro atoms. The van der Waals surface area contributed by atoms with Gasteiger partial charge in [0, 0.05) is 19.2 Å². The summed E-state index contributed by atoms with van der Waals surface area (Å²) in [6, 6.07) is 0.450. The van der Waals surface area contributed by atoms with Crippen molar-refractivity contribution in [3.05, 3.63) is 0 Å². The van der Waals surface area contributed by atoms with Crippen LogP contribution in [0.4, 0.5) is 13.2 Å². The van der Waals surface area contributed by atoms with Gasteiger partial charge in [-0.1, -0.05) is 6.92 Å². The number of likely N-dealkylation sites (N-methyl/N-ethyl adjacent to an activating group) is 1. The van der Waals surface area contributed by atoms with Crippen molar-refractivity contribution in [2.45, 2.75) is 38.4 Å². The van der Waals surface area contributed by atoms with Crippen LogP contribution in [0.2, 0.25) is 0 Å². The average Bonchev–Trinajstić information content (AvgIpc) is 2.86. The number of guanidine groups is 1. The van der Waals surface area contributed by atoms with Crippen molar-refractivity contribution >= 4 is 29.9 Å². The number of nitrogens with two attached hydrogens (primary N) is 1. The Morgan fingerprint density at radius 3 is 2.82 bits per heavy atom. The third-order valence-corrected chi connectivity index (χ3v) is 3.41. The Balaban J connectivity index is 0.00000441. The lowest BCUT2D eigenvalue weighted by Crippen LogP contribution is -2.36. The van der Waals surface area contributed by atoms with Crippen molar-refractivity contribution in [3.63, 3.8) is 0 Å². The number of hydrogen-bond donors (Lipinski definition) is 2. The van der Waals surface area contributed by atoms with E-state index in [9.17, 15) is 13.2 Å². The predicted molar refractivity (Wildman–Crippen MR) is 91.7 cm³/mol. The smallest absolute Gasteiger partial charge is 0.372 e. The van der Waals surface area contributed by atoms with Crippen LogP contribution in [0.25, 0.3) is 0 Å². The summed E-state index contributed by atoms with van der Waals surface area (Å²) in [4.78, 5) is 6.66. The second kappa shape index (κ2) is 11.3. The maximum atomic E-state index is 11.8. The monoisotopic (exact) mass is 438 g/mol. The van der Waals surface area contributed by atoms with Crippen molar-refractivity contribution < 1.29 is 17.9 Å². The molecule has 0 aliphatic carbocycles. The van der Waals surface area contributed by atoms with Gasteiger partial charge in [0.15, 0.2) is 5.96 Å². The Hall–Kier alpha value is -0.290. The van der Waals surface area contributed by atoms with Gasteiger partial charge in [0.05, 0.1) is 6.54 Å². The van der Waals surface area contributed by atoms with E-state index in [-0.39, 0.29) is 30.6 Å². The van der Waals surface area contributed by atoms with Gasteiger partial charge in [0.2, 0.25) is 0 Å². The molecule has 0 aromatic carbocycles. The summed E-state index contributed by atoms with van der Waals surface area (Å²) in [5.41, 5.74) is 5.72. The molecule has 0 aromatic rings. The van der Waals surface area contributed by atoms with Gasteiger partial charge in [-0.2, -0.15) is 13.2 Å². The van der Waals surface area contributed by atoms with E-state index in [1.807, 2.05) is 0 Å². The highest BCUT2D eigenvalue weighted by molar-refractivity contribution is 14.0. The maximum Gasteiger partial charge on any atom is 0.411 e. The fourth-order valence-corrected chi connectivity index (χ4v) is 2.36. The van der Waals surface area contributed by atoms with Crippen molar-refractivity contribution in [1.29, 1.82) is 0 Å². The summed E-state index contributed by atoms with van der Waals surface area (Å²) in [7, 11) is 0. The van der Waals surface area contributed by atoms with Crippen LogP contribution in [-0.2, 0) is 4.74 Å². The van der Waals surface area contributed by atoms with Crippen LogP contribution in [0.15, 0.2) is 4.99 Å². The Bertz CT molecular complexity index is 329. The SMILES string of the molecule is CCN1CCCC1CN=C(N)NCCCOCC(F)(F)F.I. The number of aliphatic imine (C=N–C) groups is 1. The molecule has 0 radical (unpaired) electrons. The molecule has 1 unspecified atom stereocenters. The van der Waals surface area contributed by atoms with E-state index in [1.165, 1.54) is 6.42 Å². The number of alkyl halides is 3. The van der Waals surface area contributed by atoms with E-state index >= 15 is 0 Å². The van der Waals surface area contributed by atoms with Gasteiger partial charge in [-0.15, -0.1) is 24.0 Å². The molecule has 22 heavy (non-hydrogen) atoms. The molecule has 9 heteroatoms. The zero-order valence-corrected chi connectivity index (χ0v) is 15.2. The lowest BCUT2D eigenvalue weighted by molar-refractivity contribution is -0.173. The fraction of sp³-hybridized carbons (Fsp3) is 0.923. The quantitative estimate of drug-likeness (QED) is 0.263. The van der Waals surface area contributed by atoms with Gasteiger partial charge in [0.1, 0.15) is 6.61 Å². The molecule has 1 saturated heterocycles. The van der Waals surface area contributed by atoms with Crippen LogP contribution in [0.5, 0.6) is 0 Å². The van der Waals surface area contributed by atoms with Gasteiger partial charge in [0.25, 0.3) is 0 Å². The first-order valence-electron chi connectivity index (χ1n) is 7.34. The van der Waals surface area contributed by atoms with Crippen LogP contribution in [0, 0.1) is 0 Å². The summed E-state index contributed by atoms with van der Waals surface area (Å²) in [6.07, 6.45) is -1.48. The number of nitrogens with one attached hydrogen (secondary N) is 1. The molecule has 1 rings (SSSR count). The van der Waals surface area contributed by atoms with Crippen molar-refractivity contribution in [2.75, 3.05) is 39.4 Å². The summed E-state index contributed by atoms with van der Waals surface area (Å²) in [5, 5.41) is 2.89. The number of rotatable bonds is 8. The number of halogens is 4. The minimum absolute atomic E-state index is 0. The van der Waals surface area contributed by atoms with Crippen LogP contribution in [0.3, 0.4) is 0 Å². The highest BCUT2D eigenvalue weighted by atomic mass is 127. The van der Waals surface area contributed by atoms with Crippen LogP contribution in [0.1, 0.15) is 26.2 Å². The maximum absolute atomic E-state index is 11.8. The van der Waals surface area contributed by atoms with E-state index in [4.69, 9.17) is 5.73 Å². The summed E-state index contributed by atoms with van der Waals surface area (Å²) >= 11 is 0. The second-order valence-corrected chi connectivity index (χ2v) is 5.10. The number of nitrogens with zero attached hydrogens (tertiary/aromatic N) is 2. The topological polar surface area (TPSA) is 62.9 Å². The average molecular weight is 438 g/mol. The summed E-state index contributed by atoms with van der Waals surface area (Å²) < 4.78 is 40.0. The second-order valence-electron chi connectivity index (χ2n) is 5.10. The highest BCUT2D eigenvalue weighted by Crippen LogP contribution is 2.16. The third kappa shape index (κ3) is 9.67. The summed E-state index contributed by atoms with van der Waals surface area (Å²) in [5.74, 6) is 0.341. The molecule has 1 heterocycles. The van der Waals surface area contributed by atoms with Crippen molar-refractivity contribution in [2.24, 2.45) is 10.7 Å². The van der Waals surface area contributed by atoms with E-state index in [1.54, 1.807) is 0 Å². The molecule has 132 valence electrons. The minimum atomic E-state index is -4.26. The largest absolute Gasteiger partial charge is 0.411 e. The van der Waals surface area contributed by atoms with E-state index in [2.05, 4.69) is 26.9 Å². The summed E-state index contributed by atoms with van der Waals surface area (Å²) in [6.45, 7) is 4.22. The number of hydrogen-bond acceptors (Lipinski definition) is 3. The molecule has 1 aliphatic rings. The normalized spacial score (nSPS) is 20.0. The first kappa shape index (κ1) is 21.7. The van der Waals surface area contributed by atoms with Gasteiger partial charge >= 0.3 is 6.18 Å². The molecule has 3 N–H and O–H groups in total. The minimum Gasteiger partial charge on any atom is -0.372 e. The zero-order valence-electron chi connectivity index (χ0n) is 12.9. The van der Waals surface area contributed by atoms with Crippen LogP contribution in [-0.4, -0.2) is 62.5 Å². The Kier molecular flexibility index (Phi) is 11.1. The van der Waals surface area contributed by atoms with Gasteiger partial charge in [-0.25, -0.2) is 0 Å². The molecule has 0 aromatic heterocycles. The Morgan fingerprint density at radius 1 is 1.45 bits per heavy atom. The molecule has 5 nitrogen and oxygen atoms in total. The lowest BCUT2D eigenvalue weighted by atomic mass is 10.2. The molecule has 0 saturated carbocycles. The van der Waals surface area contributed by atoms with E-state index < -0.39 is 12.8 Å². The van der Waals surface area contributed by atoms with Gasteiger partial charge in [-0.3, -0.25) is 9.89 Å². The van der Waals surface area contributed by atoms with Gasteiger partial charge < -0.3 is 15.8 Å². The van der Waals surface area contributed by atoms with E-state index in [0.29, 0.717) is 31.5 Å². The molecule has 1 fully saturated rings. The molecule has 0 bridgehead atoms. The number of likely N-dealkylation sites (tertiary alicyclic amines) is 1. The molecular weight excluding hydrogens is 412 g/mol. The lowest BCUT2D eigenvalue weighted by Gasteiger charge is -2.20. The predicted octanol–water partition coefficient (Wildman–Crippen LogP) is 1.96. The standard InChI is InChI=1S/C13H25F3N4O.HI/c1-2-20-7-3-5-11(20)9-19-12(17)18-6-4-8-21-10-13(14,15)16;/h11H,2-10H2,1H3,(H3,17,18,19);1H. The van der Waals surface area contributed by atoms with Gasteiger partial charge in [-0.05, 0) is 32.4 Å². The third-order valence-electron chi connectivity index (χ3n) is 3.41. The van der Waals surface area contributed by atoms with Crippen LogP contribution >= 0.6 is 24.0 Å². The first-order chi connectivity index (χ1) is 9.92. The Morgan fingerprint density at radius 2 is 2.18 bits per heavy atom. The zero-order chi connectivity index (χ0) is 15.7. The van der Waals surface area contributed by atoms with Crippen LogP contribution < -0.4 is 11.1 Å². The number of ether oxygens (including phenoxy) is 1. The van der Waals surface area contributed by atoms with E-state index in [0.717, 1.165) is 19.5 Å². The fourth-order valence-electron chi connectivity index (χ4n) is 2.36. The highest BCUT2D eigenvalue weighted by Gasteiger charge is 2.27. The van der Waals surface area contributed by atoms with Crippen molar-refractivity contribution in [3.8, 4) is 0 Å². The molecule has 1 aliphatic heterocycles. The Labute approximate surface area is 146 Å². The molecular formula is C13H26F3IN4O. The molecule has 0 amide bonds. The molecule has 1 atom stereocenters.